The molecule has 142 valence electrons. The van der Waals surface area contributed by atoms with Gasteiger partial charge in [-0.05, 0) is 56.0 Å². The molecule has 3 aromatic rings. The van der Waals surface area contributed by atoms with E-state index in [0.717, 1.165) is 12.8 Å². The fourth-order valence-electron chi connectivity index (χ4n) is 2.79. The number of benzene rings is 2. The van der Waals surface area contributed by atoms with Crippen molar-refractivity contribution in [1.82, 2.24) is 0 Å². The number of allylic oxidation sites excluding steroid dienone is 1. The average Bonchev–Trinajstić information content (AvgIpc) is 2.90. The number of aliphatic hydroxyl groups is 1. The summed E-state index contributed by atoms with van der Waals surface area (Å²) < 4.78 is 67.5. The summed E-state index contributed by atoms with van der Waals surface area (Å²) in [5.74, 6) is -7.09. The van der Waals surface area contributed by atoms with Crippen LogP contribution in [-0.4, -0.2) is 5.11 Å². The van der Waals surface area contributed by atoms with E-state index < -0.39 is 29.1 Å². The van der Waals surface area contributed by atoms with Crippen LogP contribution in [0.15, 0.2) is 36.1 Å². The van der Waals surface area contributed by atoms with Crippen molar-refractivity contribution in [3.8, 4) is 11.1 Å². The summed E-state index contributed by atoms with van der Waals surface area (Å²) in [6, 6.07) is 4.45. The predicted octanol–water partition coefficient (Wildman–Crippen LogP) is 7.18. The van der Waals surface area contributed by atoms with Crippen molar-refractivity contribution in [3.05, 3.63) is 70.1 Å². The maximum Gasteiger partial charge on any atom is 0.198 e. The first-order valence-electron chi connectivity index (χ1n) is 8.17. The molecule has 0 atom stereocenters. The lowest BCUT2D eigenvalue weighted by molar-refractivity contribution is 0.411. The van der Waals surface area contributed by atoms with Crippen LogP contribution in [0.4, 0.5) is 22.0 Å². The molecule has 27 heavy (non-hydrogen) atoms. The molecule has 1 aliphatic rings. The summed E-state index contributed by atoms with van der Waals surface area (Å²) in [5, 5.41) is 8.69. The van der Waals surface area contributed by atoms with Gasteiger partial charge in [-0.15, -0.1) is 11.3 Å². The van der Waals surface area contributed by atoms with Crippen molar-refractivity contribution in [2.24, 2.45) is 0 Å². The molecule has 1 saturated carbocycles. The van der Waals surface area contributed by atoms with Crippen molar-refractivity contribution in [1.29, 1.82) is 0 Å². The third-order valence-corrected chi connectivity index (χ3v) is 5.45. The Balaban J connectivity index is 0.000000299. The Labute approximate surface area is 156 Å². The van der Waals surface area contributed by atoms with Crippen molar-refractivity contribution < 1.29 is 27.1 Å². The monoisotopic (exact) mass is 398 g/mol. The fraction of sp³-hybridized carbons (Fsp3) is 0.200. The Morgan fingerprint density at radius 3 is 2.22 bits per heavy atom. The zero-order valence-corrected chi connectivity index (χ0v) is 15.1. The molecular formula is C20H15F5OS. The normalized spacial score (nSPS) is 13.2. The van der Waals surface area contributed by atoms with Gasteiger partial charge in [0, 0.05) is 26.1 Å². The van der Waals surface area contributed by atoms with Crippen LogP contribution in [-0.2, 0) is 0 Å². The van der Waals surface area contributed by atoms with E-state index >= 15 is 0 Å². The van der Waals surface area contributed by atoms with Gasteiger partial charge < -0.3 is 5.11 Å². The van der Waals surface area contributed by atoms with Crippen molar-refractivity contribution in [3.63, 3.8) is 0 Å². The van der Waals surface area contributed by atoms with Crippen molar-refractivity contribution >= 4 is 21.4 Å². The second-order valence-corrected chi connectivity index (χ2v) is 7.42. The quantitative estimate of drug-likeness (QED) is 0.199. The summed E-state index contributed by atoms with van der Waals surface area (Å²) in [5.41, 5.74) is 1.07. The van der Waals surface area contributed by atoms with E-state index in [1.807, 2.05) is 0 Å². The number of thiophene rings is 1. The van der Waals surface area contributed by atoms with Crippen LogP contribution in [0.5, 0.6) is 0 Å². The van der Waals surface area contributed by atoms with Crippen LogP contribution in [0.1, 0.15) is 24.1 Å². The SMILES string of the molecule is Cc1sc2cc(F)ccc2c1-c1cc(F)c(F)c(F)c1F.OC=C1CCC1. The highest BCUT2D eigenvalue weighted by molar-refractivity contribution is 7.19. The molecule has 1 nitrogen and oxygen atoms in total. The summed E-state index contributed by atoms with van der Waals surface area (Å²) in [6.45, 7) is 1.62. The van der Waals surface area contributed by atoms with Gasteiger partial charge in [0.25, 0.3) is 0 Å². The van der Waals surface area contributed by atoms with E-state index in [1.54, 1.807) is 6.92 Å². The number of hydrogen-bond donors (Lipinski definition) is 1. The number of aliphatic hydroxyl groups excluding tert-OH is 1. The van der Waals surface area contributed by atoms with Gasteiger partial charge in [-0.1, -0.05) is 0 Å². The van der Waals surface area contributed by atoms with Gasteiger partial charge in [0.1, 0.15) is 5.82 Å². The molecule has 1 heterocycles. The molecule has 7 heteroatoms. The first-order chi connectivity index (χ1) is 12.8. The molecule has 1 aliphatic carbocycles. The van der Waals surface area contributed by atoms with E-state index in [4.69, 9.17) is 5.11 Å². The van der Waals surface area contributed by atoms with Gasteiger partial charge in [-0.3, -0.25) is 0 Å². The Morgan fingerprint density at radius 1 is 0.963 bits per heavy atom. The molecule has 1 aromatic heterocycles. The molecule has 1 fully saturated rings. The lowest BCUT2D eigenvalue weighted by Crippen LogP contribution is -1.98. The summed E-state index contributed by atoms with van der Waals surface area (Å²) in [7, 11) is 0. The Hall–Kier alpha value is -2.41. The zero-order valence-electron chi connectivity index (χ0n) is 14.3. The molecular weight excluding hydrogens is 383 g/mol. The number of hydrogen-bond acceptors (Lipinski definition) is 2. The van der Waals surface area contributed by atoms with Gasteiger partial charge in [-0.25, -0.2) is 22.0 Å². The van der Waals surface area contributed by atoms with E-state index in [2.05, 4.69) is 0 Å². The van der Waals surface area contributed by atoms with Gasteiger partial charge in [0.05, 0.1) is 6.26 Å². The largest absolute Gasteiger partial charge is 0.516 e. The molecule has 0 saturated heterocycles. The van der Waals surface area contributed by atoms with Crippen LogP contribution in [0, 0.1) is 36.0 Å². The number of rotatable bonds is 1. The summed E-state index contributed by atoms with van der Waals surface area (Å²) >= 11 is 1.17. The molecule has 0 aliphatic heterocycles. The third-order valence-electron chi connectivity index (χ3n) is 4.38. The van der Waals surface area contributed by atoms with Crippen LogP contribution in [0.3, 0.4) is 0 Å². The number of aryl methyl sites for hydroxylation is 1. The standard InChI is InChI=1S/C15H7F5S.C5H8O/c1-6-12(8-3-2-7(16)4-11(8)21-6)9-5-10(17)14(19)15(20)13(9)18;6-4-5-2-1-3-5/h2-5H,1H3;4,6H,1-3H2. The predicted molar refractivity (Wildman–Crippen MR) is 96.4 cm³/mol. The molecule has 0 bridgehead atoms. The van der Waals surface area contributed by atoms with Crippen molar-refractivity contribution in [2.75, 3.05) is 0 Å². The molecule has 0 amide bonds. The first kappa shape index (κ1) is 19.4. The lowest BCUT2D eigenvalue weighted by atomic mass is 9.94. The molecule has 0 spiro atoms. The number of halogens is 5. The van der Waals surface area contributed by atoms with E-state index in [9.17, 15) is 22.0 Å². The highest BCUT2D eigenvalue weighted by Gasteiger charge is 2.23. The molecule has 4 rings (SSSR count). The van der Waals surface area contributed by atoms with E-state index in [1.165, 1.54) is 47.8 Å². The van der Waals surface area contributed by atoms with Gasteiger partial charge in [0.15, 0.2) is 23.3 Å². The Bertz CT molecular complexity index is 1030. The second-order valence-electron chi connectivity index (χ2n) is 6.16. The second kappa shape index (κ2) is 7.68. The maximum absolute atomic E-state index is 13.9. The van der Waals surface area contributed by atoms with E-state index in [-0.39, 0.29) is 11.1 Å². The highest BCUT2D eigenvalue weighted by Crippen LogP contribution is 2.40. The zero-order chi connectivity index (χ0) is 19.7. The summed E-state index contributed by atoms with van der Waals surface area (Å²) in [6.07, 6.45) is 4.74. The van der Waals surface area contributed by atoms with Crippen LogP contribution >= 0.6 is 11.3 Å². The van der Waals surface area contributed by atoms with Crippen molar-refractivity contribution in [2.45, 2.75) is 26.2 Å². The lowest BCUT2D eigenvalue weighted by Gasteiger charge is -2.12. The Morgan fingerprint density at radius 2 is 1.67 bits per heavy atom. The third kappa shape index (κ3) is 3.69. The minimum absolute atomic E-state index is 0.241. The minimum atomic E-state index is -1.86. The Kier molecular flexibility index (Phi) is 5.51. The summed E-state index contributed by atoms with van der Waals surface area (Å²) in [4.78, 5) is 0.555. The van der Waals surface area contributed by atoms with Gasteiger partial charge in [0.2, 0.25) is 0 Å². The molecule has 1 N–H and O–H groups in total. The van der Waals surface area contributed by atoms with Gasteiger partial charge >= 0.3 is 0 Å². The van der Waals surface area contributed by atoms with Crippen LogP contribution in [0.25, 0.3) is 21.2 Å². The van der Waals surface area contributed by atoms with Gasteiger partial charge in [-0.2, -0.15) is 0 Å². The fourth-order valence-corrected chi connectivity index (χ4v) is 3.90. The minimum Gasteiger partial charge on any atom is -0.516 e. The van der Waals surface area contributed by atoms with E-state index in [0.29, 0.717) is 21.0 Å². The van der Waals surface area contributed by atoms with Crippen LogP contribution < -0.4 is 0 Å². The first-order valence-corrected chi connectivity index (χ1v) is 8.99. The maximum atomic E-state index is 13.9. The number of fused-ring (bicyclic) bond motifs is 1. The average molecular weight is 398 g/mol. The molecule has 2 aromatic carbocycles. The molecule has 0 radical (unpaired) electrons. The molecule has 0 unspecified atom stereocenters. The highest BCUT2D eigenvalue weighted by atomic mass is 32.1. The smallest absolute Gasteiger partial charge is 0.198 e. The van der Waals surface area contributed by atoms with Crippen LogP contribution in [0.2, 0.25) is 0 Å². The topological polar surface area (TPSA) is 20.2 Å².